The minimum atomic E-state index is -0.783. The van der Waals surface area contributed by atoms with E-state index in [1.165, 1.54) is 6.20 Å². The molecule has 13 heavy (non-hydrogen) atoms. The predicted molar refractivity (Wildman–Crippen MR) is 50.4 cm³/mol. The lowest BCUT2D eigenvalue weighted by Crippen LogP contribution is -2.56. The number of carbonyl (C=O) groups is 1. The summed E-state index contributed by atoms with van der Waals surface area (Å²) < 4.78 is 0. The number of carboxylic acids is 1. The summed E-state index contributed by atoms with van der Waals surface area (Å²) >= 11 is 0. The van der Waals surface area contributed by atoms with Crippen LogP contribution in [0.1, 0.15) is 12.8 Å². The lowest BCUT2D eigenvalue weighted by atomic mass is 9.88. The Hall–Kier alpha value is -1.03. The Balaban J connectivity index is 2.68. The Kier molecular flexibility index (Phi) is 2.93. The molecule has 0 bridgehead atoms. The van der Waals surface area contributed by atoms with Gasteiger partial charge >= 0.3 is 5.97 Å². The predicted octanol–water partition coefficient (Wildman–Crippen LogP) is 0.268. The molecule has 0 aromatic heterocycles. The van der Waals surface area contributed by atoms with Crippen molar-refractivity contribution in [2.24, 2.45) is 0 Å². The number of hydrogen-bond acceptors (Lipinski definition) is 3. The Morgan fingerprint density at radius 1 is 1.62 bits per heavy atom. The molecule has 1 saturated heterocycles. The second-order valence-electron chi connectivity index (χ2n) is 3.54. The third-order valence-electron chi connectivity index (χ3n) is 2.63. The summed E-state index contributed by atoms with van der Waals surface area (Å²) in [6, 6.07) is 0. The lowest BCUT2D eigenvalue weighted by molar-refractivity contribution is -0.146. The highest BCUT2D eigenvalue weighted by Gasteiger charge is 2.39. The summed E-state index contributed by atoms with van der Waals surface area (Å²) in [6.45, 7) is 5.14. The molecule has 0 unspecified atom stereocenters. The zero-order chi connectivity index (χ0) is 9.90. The van der Waals surface area contributed by atoms with Crippen LogP contribution in [-0.4, -0.2) is 41.7 Å². The van der Waals surface area contributed by atoms with Gasteiger partial charge < -0.3 is 15.3 Å². The molecule has 0 aromatic rings. The minimum Gasteiger partial charge on any atom is -0.480 e. The lowest BCUT2D eigenvalue weighted by Gasteiger charge is -2.37. The van der Waals surface area contributed by atoms with Crippen molar-refractivity contribution in [2.75, 3.05) is 20.1 Å². The van der Waals surface area contributed by atoms with Gasteiger partial charge in [-0.1, -0.05) is 6.58 Å². The van der Waals surface area contributed by atoms with E-state index in [2.05, 4.69) is 16.8 Å². The standard InChI is InChI=1S/C9H16N2O2/c1-3-10-9(8(12)13)4-6-11(2)7-5-9/h3,10H,1,4-7H2,2H3,(H,12,13). The molecule has 2 N–H and O–H groups in total. The number of aliphatic carboxylic acids is 1. The van der Waals surface area contributed by atoms with Crippen LogP contribution in [0.4, 0.5) is 0 Å². The first kappa shape index (κ1) is 10.1. The van der Waals surface area contributed by atoms with Gasteiger partial charge in [0.25, 0.3) is 0 Å². The minimum absolute atomic E-state index is 0.630. The van der Waals surface area contributed by atoms with E-state index in [0.29, 0.717) is 12.8 Å². The van der Waals surface area contributed by atoms with Gasteiger partial charge in [-0.2, -0.15) is 0 Å². The second kappa shape index (κ2) is 3.79. The van der Waals surface area contributed by atoms with Gasteiger partial charge in [-0.15, -0.1) is 0 Å². The van der Waals surface area contributed by atoms with E-state index in [1.807, 2.05) is 7.05 Å². The number of nitrogens with one attached hydrogen (secondary N) is 1. The van der Waals surface area contributed by atoms with Crippen molar-refractivity contribution in [1.82, 2.24) is 10.2 Å². The molecule has 1 rings (SSSR count). The summed E-state index contributed by atoms with van der Waals surface area (Å²) in [4.78, 5) is 13.2. The van der Waals surface area contributed by atoms with Gasteiger partial charge in [0.15, 0.2) is 0 Å². The molecule has 0 radical (unpaired) electrons. The van der Waals surface area contributed by atoms with Gasteiger partial charge in [-0.05, 0) is 26.1 Å². The Morgan fingerprint density at radius 2 is 2.15 bits per heavy atom. The first-order chi connectivity index (χ1) is 6.10. The second-order valence-corrected chi connectivity index (χ2v) is 3.54. The first-order valence-corrected chi connectivity index (χ1v) is 4.41. The van der Waals surface area contributed by atoms with E-state index in [4.69, 9.17) is 5.11 Å². The van der Waals surface area contributed by atoms with Crippen LogP contribution in [0.2, 0.25) is 0 Å². The molecule has 4 heteroatoms. The fraction of sp³-hybridized carbons (Fsp3) is 0.667. The summed E-state index contributed by atoms with van der Waals surface area (Å²) in [6.07, 6.45) is 2.73. The molecule has 0 aromatic carbocycles. The fourth-order valence-corrected chi connectivity index (χ4v) is 1.62. The van der Waals surface area contributed by atoms with E-state index >= 15 is 0 Å². The largest absolute Gasteiger partial charge is 0.480 e. The Bertz CT molecular complexity index is 208. The van der Waals surface area contributed by atoms with Crippen molar-refractivity contribution in [3.8, 4) is 0 Å². The average molecular weight is 184 g/mol. The summed E-state index contributed by atoms with van der Waals surface area (Å²) in [7, 11) is 2.00. The molecule has 0 spiro atoms. The highest BCUT2D eigenvalue weighted by atomic mass is 16.4. The van der Waals surface area contributed by atoms with Gasteiger partial charge in [0.1, 0.15) is 5.54 Å². The molecule has 1 heterocycles. The first-order valence-electron chi connectivity index (χ1n) is 4.41. The summed E-state index contributed by atoms with van der Waals surface area (Å²) in [5, 5.41) is 11.9. The highest BCUT2D eigenvalue weighted by Crippen LogP contribution is 2.21. The van der Waals surface area contributed by atoms with E-state index < -0.39 is 11.5 Å². The van der Waals surface area contributed by atoms with Gasteiger partial charge in [0.2, 0.25) is 0 Å². The van der Waals surface area contributed by atoms with Crippen LogP contribution in [0.15, 0.2) is 12.8 Å². The fourth-order valence-electron chi connectivity index (χ4n) is 1.62. The number of likely N-dealkylation sites (tertiary alicyclic amines) is 1. The van der Waals surface area contributed by atoms with E-state index in [-0.39, 0.29) is 0 Å². The van der Waals surface area contributed by atoms with E-state index in [1.54, 1.807) is 0 Å². The molecule has 1 aliphatic heterocycles. The van der Waals surface area contributed by atoms with E-state index in [9.17, 15) is 4.79 Å². The maximum Gasteiger partial charge on any atom is 0.329 e. The maximum atomic E-state index is 11.0. The third kappa shape index (κ3) is 2.01. The molecular formula is C9H16N2O2. The molecule has 0 amide bonds. The van der Waals surface area contributed by atoms with Crippen LogP contribution in [0.3, 0.4) is 0 Å². The molecular weight excluding hydrogens is 168 g/mol. The van der Waals surface area contributed by atoms with Crippen molar-refractivity contribution in [3.05, 3.63) is 12.8 Å². The SMILES string of the molecule is C=CNC1(C(=O)O)CCN(C)CC1. The molecule has 74 valence electrons. The van der Waals surface area contributed by atoms with Crippen molar-refractivity contribution in [2.45, 2.75) is 18.4 Å². The highest BCUT2D eigenvalue weighted by molar-refractivity contribution is 5.79. The summed E-state index contributed by atoms with van der Waals surface area (Å²) in [5.41, 5.74) is -0.783. The van der Waals surface area contributed by atoms with Crippen LogP contribution in [0, 0.1) is 0 Å². The van der Waals surface area contributed by atoms with Crippen LogP contribution in [0.5, 0.6) is 0 Å². The zero-order valence-corrected chi connectivity index (χ0v) is 7.92. The number of rotatable bonds is 3. The molecule has 4 nitrogen and oxygen atoms in total. The number of piperidine rings is 1. The van der Waals surface area contributed by atoms with Crippen molar-refractivity contribution in [3.63, 3.8) is 0 Å². The van der Waals surface area contributed by atoms with Crippen molar-refractivity contribution >= 4 is 5.97 Å². The number of hydrogen-bond donors (Lipinski definition) is 2. The molecule has 1 aliphatic rings. The topological polar surface area (TPSA) is 52.6 Å². The van der Waals surface area contributed by atoms with Gasteiger partial charge in [-0.3, -0.25) is 0 Å². The third-order valence-corrected chi connectivity index (χ3v) is 2.63. The zero-order valence-electron chi connectivity index (χ0n) is 7.92. The normalized spacial score (nSPS) is 22.2. The molecule has 0 saturated carbocycles. The van der Waals surface area contributed by atoms with Crippen LogP contribution in [0.25, 0.3) is 0 Å². The number of nitrogens with zero attached hydrogens (tertiary/aromatic N) is 1. The molecule has 0 aliphatic carbocycles. The maximum absolute atomic E-state index is 11.0. The van der Waals surface area contributed by atoms with Crippen molar-refractivity contribution in [1.29, 1.82) is 0 Å². The van der Waals surface area contributed by atoms with Crippen LogP contribution < -0.4 is 5.32 Å². The van der Waals surface area contributed by atoms with Gasteiger partial charge in [0, 0.05) is 13.1 Å². The average Bonchev–Trinajstić information content (AvgIpc) is 2.09. The Morgan fingerprint density at radius 3 is 2.54 bits per heavy atom. The summed E-state index contributed by atoms with van der Waals surface area (Å²) in [5.74, 6) is -0.777. The number of carboxylic acid groups (broad SMARTS) is 1. The van der Waals surface area contributed by atoms with Gasteiger partial charge in [0.05, 0.1) is 0 Å². The monoisotopic (exact) mass is 184 g/mol. The van der Waals surface area contributed by atoms with Crippen molar-refractivity contribution < 1.29 is 9.90 Å². The quantitative estimate of drug-likeness (QED) is 0.661. The molecule has 0 atom stereocenters. The molecule has 1 fully saturated rings. The van der Waals surface area contributed by atoms with Crippen LogP contribution >= 0.6 is 0 Å². The van der Waals surface area contributed by atoms with Crippen LogP contribution in [-0.2, 0) is 4.79 Å². The van der Waals surface area contributed by atoms with E-state index in [0.717, 1.165) is 13.1 Å². The Labute approximate surface area is 78.2 Å². The smallest absolute Gasteiger partial charge is 0.329 e. The van der Waals surface area contributed by atoms with Gasteiger partial charge in [-0.25, -0.2) is 4.79 Å².